The molecule has 162 valence electrons. The van der Waals surface area contributed by atoms with Crippen molar-refractivity contribution < 1.29 is 24.2 Å². The first kappa shape index (κ1) is 21.9. The van der Waals surface area contributed by atoms with Crippen LogP contribution in [0.2, 0.25) is 0 Å². The number of allylic oxidation sites excluding steroid dienone is 3. The number of ether oxygens (including phenoxy) is 2. The summed E-state index contributed by atoms with van der Waals surface area (Å²) in [7, 11) is 0. The molecule has 2 N–H and O–H groups in total. The third kappa shape index (κ3) is 4.53. The Labute approximate surface area is 178 Å². The molecule has 1 heterocycles. The summed E-state index contributed by atoms with van der Waals surface area (Å²) in [6.07, 6.45) is 4.88. The number of ketones is 1. The van der Waals surface area contributed by atoms with Crippen LogP contribution in [0.1, 0.15) is 70.8 Å². The van der Waals surface area contributed by atoms with Crippen LogP contribution < -0.4 is 10.1 Å². The SMILES string of the molecule is CCCCCOC(=O)C1=C(C)NC2=C(C(=O)CCC2)C1c1ccc(O)c(OCC)c1. The Balaban J connectivity index is 2.03. The number of phenols is 1. The van der Waals surface area contributed by atoms with E-state index in [0.29, 0.717) is 42.2 Å². The molecule has 0 saturated carbocycles. The molecule has 1 atom stereocenters. The van der Waals surface area contributed by atoms with Crippen LogP contribution in [-0.4, -0.2) is 30.1 Å². The molecule has 1 aliphatic heterocycles. The monoisotopic (exact) mass is 413 g/mol. The second-order valence-electron chi connectivity index (χ2n) is 7.77. The number of rotatable bonds is 8. The summed E-state index contributed by atoms with van der Waals surface area (Å²) in [5.41, 5.74) is 3.40. The number of hydrogen-bond donors (Lipinski definition) is 2. The average Bonchev–Trinajstić information content (AvgIpc) is 2.72. The van der Waals surface area contributed by atoms with Gasteiger partial charge in [-0.15, -0.1) is 0 Å². The Hall–Kier alpha value is -2.76. The van der Waals surface area contributed by atoms with Crippen molar-refractivity contribution in [1.29, 1.82) is 0 Å². The number of nitrogens with one attached hydrogen (secondary N) is 1. The predicted octanol–water partition coefficient (Wildman–Crippen LogP) is 4.49. The highest BCUT2D eigenvalue weighted by Crippen LogP contribution is 2.44. The van der Waals surface area contributed by atoms with Crippen molar-refractivity contribution in [1.82, 2.24) is 5.32 Å². The van der Waals surface area contributed by atoms with E-state index in [1.807, 2.05) is 13.8 Å². The first-order valence-corrected chi connectivity index (χ1v) is 10.8. The van der Waals surface area contributed by atoms with Gasteiger partial charge in [-0.1, -0.05) is 25.8 Å². The Bertz CT molecular complexity index is 884. The van der Waals surface area contributed by atoms with Gasteiger partial charge in [-0.2, -0.15) is 0 Å². The number of unbranched alkanes of at least 4 members (excludes halogenated alkanes) is 2. The van der Waals surface area contributed by atoms with Crippen LogP contribution in [-0.2, 0) is 14.3 Å². The maximum atomic E-state index is 13.1. The first-order chi connectivity index (χ1) is 14.5. The molecule has 1 aromatic carbocycles. The standard InChI is InChI=1S/C24H31NO5/c1-4-6-7-13-30-24(28)21-15(3)25-17-9-8-10-19(27)23(17)22(21)16-11-12-18(26)20(14-16)29-5-2/h11-12,14,22,25-26H,4-10,13H2,1-3H3. The summed E-state index contributed by atoms with van der Waals surface area (Å²) < 4.78 is 11.1. The lowest BCUT2D eigenvalue weighted by Crippen LogP contribution is -2.34. The number of carbonyl (C=O) groups excluding carboxylic acids is 2. The number of hydrogen-bond acceptors (Lipinski definition) is 6. The quantitative estimate of drug-likeness (QED) is 0.482. The van der Waals surface area contributed by atoms with Gasteiger partial charge in [0.15, 0.2) is 17.3 Å². The fourth-order valence-electron chi connectivity index (χ4n) is 4.16. The minimum atomic E-state index is -0.535. The highest BCUT2D eigenvalue weighted by atomic mass is 16.5. The molecule has 0 spiro atoms. The van der Waals surface area contributed by atoms with Crippen LogP contribution in [0, 0.1) is 0 Å². The van der Waals surface area contributed by atoms with E-state index in [9.17, 15) is 14.7 Å². The Morgan fingerprint density at radius 3 is 2.77 bits per heavy atom. The Kier molecular flexibility index (Phi) is 7.19. The molecule has 30 heavy (non-hydrogen) atoms. The zero-order chi connectivity index (χ0) is 21.7. The Morgan fingerprint density at radius 1 is 1.23 bits per heavy atom. The second-order valence-corrected chi connectivity index (χ2v) is 7.77. The van der Waals surface area contributed by atoms with E-state index in [0.717, 1.165) is 43.4 Å². The molecular weight excluding hydrogens is 382 g/mol. The van der Waals surface area contributed by atoms with E-state index in [1.165, 1.54) is 0 Å². The lowest BCUT2D eigenvalue weighted by Gasteiger charge is -2.34. The highest BCUT2D eigenvalue weighted by Gasteiger charge is 2.39. The van der Waals surface area contributed by atoms with Crippen LogP contribution in [0.25, 0.3) is 0 Å². The number of phenolic OH excluding ortho intramolecular Hbond substituents is 1. The molecule has 0 saturated heterocycles. The summed E-state index contributed by atoms with van der Waals surface area (Å²) in [6.45, 7) is 6.54. The summed E-state index contributed by atoms with van der Waals surface area (Å²) in [4.78, 5) is 26.0. The van der Waals surface area contributed by atoms with Crippen molar-refractivity contribution in [3.05, 3.63) is 46.3 Å². The normalized spacial score (nSPS) is 18.8. The molecule has 6 heteroatoms. The molecule has 0 aromatic heterocycles. The zero-order valence-electron chi connectivity index (χ0n) is 18.0. The second kappa shape index (κ2) is 9.83. The largest absolute Gasteiger partial charge is 0.504 e. The van der Waals surface area contributed by atoms with E-state index in [4.69, 9.17) is 9.47 Å². The van der Waals surface area contributed by atoms with Crippen LogP contribution in [0.4, 0.5) is 0 Å². The predicted molar refractivity (Wildman–Crippen MR) is 114 cm³/mol. The van der Waals surface area contributed by atoms with Crippen molar-refractivity contribution in [3.63, 3.8) is 0 Å². The summed E-state index contributed by atoms with van der Waals surface area (Å²) in [6, 6.07) is 5.02. The van der Waals surface area contributed by atoms with Crippen molar-refractivity contribution >= 4 is 11.8 Å². The molecule has 0 radical (unpaired) electrons. The molecule has 2 aliphatic rings. The number of esters is 1. The smallest absolute Gasteiger partial charge is 0.336 e. The lowest BCUT2D eigenvalue weighted by atomic mass is 9.75. The number of carbonyl (C=O) groups is 2. The first-order valence-electron chi connectivity index (χ1n) is 10.8. The molecular formula is C24H31NO5. The Morgan fingerprint density at radius 2 is 2.03 bits per heavy atom. The molecule has 6 nitrogen and oxygen atoms in total. The van der Waals surface area contributed by atoms with E-state index >= 15 is 0 Å². The fraction of sp³-hybridized carbons (Fsp3) is 0.500. The maximum Gasteiger partial charge on any atom is 0.336 e. The van der Waals surface area contributed by atoms with Gasteiger partial charge in [0.2, 0.25) is 0 Å². The van der Waals surface area contributed by atoms with E-state index in [-0.39, 0.29) is 11.5 Å². The van der Waals surface area contributed by atoms with E-state index in [1.54, 1.807) is 18.2 Å². The molecule has 3 rings (SSSR count). The third-order valence-corrected chi connectivity index (χ3v) is 5.59. The van der Waals surface area contributed by atoms with Gasteiger partial charge in [-0.05, 0) is 50.8 Å². The summed E-state index contributed by atoms with van der Waals surface area (Å²) in [5.74, 6) is -0.525. The number of aromatic hydroxyl groups is 1. The van der Waals surface area contributed by atoms with Crippen LogP contribution >= 0.6 is 0 Å². The van der Waals surface area contributed by atoms with Gasteiger partial charge in [0.05, 0.1) is 18.8 Å². The van der Waals surface area contributed by atoms with Crippen molar-refractivity contribution in [2.75, 3.05) is 13.2 Å². The number of Topliss-reactive ketones (excluding diaryl/α,β-unsaturated/α-hetero) is 1. The molecule has 0 fully saturated rings. The fourth-order valence-corrected chi connectivity index (χ4v) is 4.16. The van der Waals surface area contributed by atoms with E-state index in [2.05, 4.69) is 12.2 Å². The van der Waals surface area contributed by atoms with Crippen LogP contribution in [0.3, 0.4) is 0 Å². The number of benzene rings is 1. The average molecular weight is 414 g/mol. The van der Waals surface area contributed by atoms with Gasteiger partial charge >= 0.3 is 5.97 Å². The lowest BCUT2D eigenvalue weighted by molar-refractivity contribution is -0.139. The molecule has 1 aliphatic carbocycles. The third-order valence-electron chi connectivity index (χ3n) is 5.59. The van der Waals surface area contributed by atoms with Crippen molar-refractivity contribution in [2.45, 2.75) is 65.2 Å². The van der Waals surface area contributed by atoms with Gasteiger partial charge in [-0.25, -0.2) is 4.79 Å². The van der Waals surface area contributed by atoms with Gasteiger partial charge < -0.3 is 19.9 Å². The highest BCUT2D eigenvalue weighted by molar-refractivity contribution is 6.03. The maximum absolute atomic E-state index is 13.1. The topological polar surface area (TPSA) is 84.9 Å². The van der Waals surface area contributed by atoms with Crippen LogP contribution in [0.5, 0.6) is 11.5 Å². The summed E-state index contributed by atoms with van der Waals surface area (Å²) >= 11 is 0. The van der Waals surface area contributed by atoms with Gasteiger partial charge in [-0.3, -0.25) is 4.79 Å². The van der Waals surface area contributed by atoms with E-state index < -0.39 is 11.9 Å². The molecule has 0 bridgehead atoms. The molecule has 1 aromatic rings. The zero-order valence-corrected chi connectivity index (χ0v) is 18.0. The van der Waals surface area contributed by atoms with Crippen molar-refractivity contribution in [3.8, 4) is 11.5 Å². The summed E-state index contributed by atoms with van der Waals surface area (Å²) in [5, 5.41) is 13.4. The van der Waals surface area contributed by atoms with Crippen molar-refractivity contribution in [2.24, 2.45) is 0 Å². The van der Waals surface area contributed by atoms with Gasteiger partial charge in [0.1, 0.15) is 0 Å². The minimum Gasteiger partial charge on any atom is -0.504 e. The van der Waals surface area contributed by atoms with Crippen LogP contribution in [0.15, 0.2) is 40.7 Å². The minimum absolute atomic E-state index is 0.0306. The van der Waals surface area contributed by atoms with Gasteiger partial charge in [0, 0.05) is 29.3 Å². The molecule has 1 unspecified atom stereocenters. The van der Waals surface area contributed by atoms with Gasteiger partial charge in [0.25, 0.3) is 0 Å². The number of dihydropyridines is 1. The molecule has 0 amide bonds.